The molecule has 1 amide bonds. The van der Waals surface area contributed by atoms with Crippen LogP contribution in [0.25, 0.3) is 0 Å². The van der Waals surface area contributed by atoms with Crippen molar-refractivity contribution < 1.29 is 4.79 Å². The Balaban J connectivity index is 2.29. The van der Waals surface area contributed by atoms with Crippen molar-refractivity contribution in [1.29, 1.82) is 0 Å². The smallest absolute Gasteiger partial charge is 0.242 e. The third-order valence-corrected chi connectivity index (χ3v) is 3.24. The Morgan fingerprint density at radius 3 is 2.75 bits per heavy atom. The molecule has 2 unspecified atom stereocenters. The van der Waals surface area contributed by atoms with Crippen molar-refractivity contribution in [1.82, 2.24) is 10.6 Å². The number of nitrogens with zero attached hydrogens (tertiary/aromatic N) is 1. The summed E-state index contributed by atoms with van der Waals surface area (Å²) in [6.07, 6.45) is 0. The second kappa shape index (κ2) is 6.13. The van der Waals surface area contributed by atoms with Crippen molar-refractivity contribution in [3.8, 4) is 0 Å². The highest BCUT2D eigenvalue weighted by molar-refractivity contribution is 8.14. The highest BCUT2D eigenvalue weighted by Gasteiger charge is 2.19. The van der Waals surface area contributed by atoms with Gasteiger partial charge in [0.15, 0.2) is 5.17 Å². The van der Waals surface area contributed by atoms with Gasteiger partial charge in [-0.2, -0.15) is 0 Å². The van der Waals surface area contributed by atoms with Crippen LogP contribution in [0, 0.1) is 5.92 Å². The van der Waals surface area contributed by atoms with Crippen LogP contribution in [0.3, 0.4) is 0 Å². The average molecular weight is 243 g/mol. The number of thioether (sulfide) groups is 1. The molecule has 0 aromatic carbocycles. The van der Waals surface area contributed by atoms with Gasteiger partial charge >= 0.3 is 0 Å². The maximum atomic E-state index is 11.7. The molecule has 1 aliphatic rings. The largest absolute Gasteiger partial charge is 0.354 e. The van der Waals surface area contributed by atoms with Gasteiger partial charge in [-0.1, -0.05) is 32.5 Å². The third kappa shape index (κ3) is 4.43. The van der Waals surface area contributed by atoms with Gasteiger partial charge in [-0.3, -0.25) is 9.79 Å². The molecule has 0 aliphatic carbocycles. The van der Waals surface area contributed by atoms with Gasteiger partial charge in [-0.05, 0) is 12.8 Å². The van der Waals surface area contributed by atoms with E-state index in [1.54, 1.807) is 11.8 Å². The Hall–Kier alpha value is -0.710. The molecule has 1 heterocycles. The fraction of sp³-hybridized carbons (Fsp3) is 0.818. The highest BCUT2D eigenvalue weighted by Crippen LogP contribution is 2.18. The summed E-state index contributed by atoms with van der Waals surface area (Å²) in [5.74, 6) is 0.519. The molecule has 0 bridgehead atoms. The molecule has 0 saturated carbocycles. The van der Waals surface area contributed by atoms with Crippen LogP contribution in [0.15, 0.2) is 4.99 Å². The standard InChI is InChI=1S/C11H21N3OS/c1-7(2)5-12-10(15)9(4)14-11-13-6-8(3)16-11/h7-9H,5-6H2,1-4H3,(H,12,15)(H,13,14). The van der Waals surface area contributed by atoms with Crippen molar-refractivity contribution in [2.45, 2.75) is 39.0 Å². The van der Waals surface area contributed by atoms with Crippen LogP contribution < -0.4 is 10.6 Å². The minimum absolute atomic E-state index is 0.0385. The molecular weight excluding hydrogens is 222 g/mol. The van der Waals surface area contributed by atoms with Gasteiger partial charge in [0, 0.05) is 11.8 Å². The number of hydrogen-bond acceptors (Lipinski definition) is 4. The number of carbonyl (C=O) groups is 1. The molecule has 0 saturated heterocycles. The molecule has 2 N–H and O–H groups in total. The molecule has 1 aliphatic heterocycles. The molecule has 4 nitrogen and oxygen atoms in total. The van der Waals surface area contributed by atoms with Crippen LogP contribution in [0.4, 0.5) is 0 Å². The van der Waals surface area contributed by atoms with E-state index in [0.717, 1.165) is 18.3 Å². The summed E-state index contributed by atoms with van der Waals surface area (Å²) in [5, 5.41) is 7.45. The molecule has 0 radical (unpaired) electrons. The van der Waals surface area contributed by atoms with E-state index < -0.39 is 0 Å². The molecule has 0 aromatic rings. The summed E-state index contributed by atoms with van der Waals surface area (Å²) < 4.78 is 0. The Morgan fingerprint density at radius 1 is 1.56 bits per heavy atom. The van der Waals surface area contributed by atoms with Crippen molar-refractivity contribution >= 4 is 22.8 Å². The lowest BCUT2D eigenvalue weighted by atomic mass is 10.2. The van der Waals surface area contributed by atoms with E-state index in [2.05, 4.69) is 36.4 Å². The first kappa shape index (κ1) is 13.4. The summed E-state index contributed by atoms with van der Waals surface area (Å²) >= 11 is 1.69. The normalized spacial score (nSPS) is 21.8. The van der Waals surface area contributed by atoms with E-state index in [-0.39, 0.29) is 11.9 Å². The lowest BCUT2D eigenvalue weighted by Gasteiger charge is -2.15. The number of nitrogens with one attached hydrogen (secondary N) is 2. The van der Waals surface area contributed by atoms with Crippen molar-refractivity contribution in [2.75, 3.05) is 13.1 Å². The zero-order valence-corrected chi connectivity index (χ0v) is 11.2. The third-order valence-electron chi connectivity index (χ3n) is 2.22. The zero-order chi connectivity index (χ0) is 12.1. The first-order valence-electron chi connectivity index (χ1n) is 5.74. The van der Waals surface area contributed by atoms with Crippen LogP contribution in [0.1, 0.15) is 27.7 Å². The quantitative estimate of drug-likeness (QED) is 0.781. The second-order valence-corrected chi connectivity index (χ2v) is 6.01. The second-order valence-electron chi connectivity index (χ2n) is 4.58. The van der Waals surface area contributed by atoms with E-state index >= 15 is 0 Å². The number of hydrogen-bond donors (Lipinski definition) is 2. The Labute approximate surface area is 102 Å². The molecule has 0 fully saturated rings. The maximum absolute atomic E-state index is 11.7. The van der Waals surface area contributed by atoms with E-state index in [4.69, 9.17) is 0 Å². The molecular formula is C11H21N3OS. The Kier molecular flexibility index (Phi) is 5.12. The summed E-state index contributed by atoms with van der Waals surface area (Å²) in [5.41, 5.74) is 0. The summed E-state index contributed by atoms with van der Waals surface area (Å²) in [6, 6.07) is -0.213. The van der Waals surface area contributed by atoms with Gasteiger partial charge in [0.2, 0.25) is 5.91 Å². The zero-order valence-electron chi connectivity index (χ0n) is 10.4. The summed E-state index contributed by atoms with van der Waals surface area (Å²) in [6.45, 7) is 9.72. The SMILES string of the molecule is CC(C)CNC(=O)C(C)NC1=NCC(C)S1. The van der Waals surface area contributed by atoms with Gasteiger partial charge in [-0.15, -0.1) is 0 Å². The lowest BCUT2D eigenvalue weighted by molar-refractivity contribution is -0.122. The fourth-order valence-electron chi connectivity index (χ4n) is 1.26. The van der Waals surface area contributed by atoms with Crippen molar-refractivity contribution in [2.24, 2.45) is 10.9 Å². The van der Waals surface area contributed by atoms with Crippen LogP contribution in [-0.4, -0.2) is 35.5 Å². The van der Waals surface area contributed by atoms with Crippen molar-refractivity contribution in [3.05, 3.63) is 0 Å². The number of rotatable bonds is 4. The number of carbonyl (C=O) groups excluding carboxylic acids is 1. The van der Waals surface area contributed by atoms with E-state index in [0.29, 0.717) is 11.2 Å². The predicted octanol–water partition coefficient (Wildman–Crippen LogP) is 1.23. The minimum Gasteiger partial charge on any atom is -0.354 e. The fourth-order valence-corrected chi connectivity index (χ4v) is 2.19. The molecule has 92 valence electrons. The number of amidine groups is 1. The van der Waals surface area contributed by atoms with Crippen LogP contribution >= 0.6 is 11.8 Å². The lowest BCUT2D eigenvalue weighted by Crippen LogP contribution is -2.44. The number of aliphatic imine (C=N–C) groups is 1. The van der Waals surface area contributed by atoms with E-state index in [1.165, 1.54) is 0 Å². The molecule has 2 atom stereocenters. The van der Waals surface area contributed by atoms with Crippen LogP contribution in [0.2, 0.25) is 0 Å². The van der Waals surface area contributed by atoms with E-state index in [1.807, 2.05) is 6.92 Å². The Bertz CT molecular complexity index is 278. The van der Waals surface area contributed by atoms with Crippen molar-refractivity contribution in [3.63, 3.8) is 0 Å². The highest BCUT2D eigenvalue weighted by atomic mass is 32.2. The van der Waals surface area contributed by atoms with Gasteiger partial charge < -0.3 is 10.6 Å². The molecule has 5 heteroatoms. The summed E-state index contributed by atoms with van der Waals surface area (Å²) in [4.78, 5) is 16.0. The first-order valence-corrected chi connectivity index (χ1v) is 6.62. The molecule has 0 aromatic heterocycles. The summed E-state index contributed by atoms with van der Waals surface area (Å²) in [7, 11) is 0. The van der Waals surface area contributed by atoms with Crippen LogP contribution in [-0.2, 0) is 4.79 Å². The topological polar surface area (TPSA) is 53.5 Å². The predicted molar refractivity (Wildman–Crippen MR) is 69.8 cm³/mol. The molecule has 0 spiro atoms. The molecule has 1 rings (SSSR count). The van der Waals surface area contributed by atoms with E-state index in [9.17, 15) is 4.79 Å². The van der Waals surface area contributed by atoms with Gasteiger partial charge in [0.25, 0.3) is 0 Å². The number of amides is 1. The van der Waals surface area contributed by atoms with Gasteiger partial charge in [0.05, 0.1) is 6.54 Å². The monoisotopic (exact) mass is 243 g/mol. The maximum Gasteiger partial charge on any atom is 0.242 e. The molecule has 16 heavy (non-hydrogen) atoms. The van der Waals surface area contributed by atoms with Gasteiger partial charge in [0.1, 0.15) is 6.04 Å². The minimum atomic E-state index is -0.213. The van der Waals surface area contributed by atoms with Gasteiger partial charge in [-0.25, -0.2) is 0 Å². The first-order chi connectivity index (χ1) is 7.49. The van der Waals surface area contributed by atoms with Crippen LogP contribution in [0.5, 0.6) is 0 Å². The Morgan fingerprint density at radius 2 is 2.25 bits per heavy atom. The average Bonchev–Trinajstić information content (AvgIpc) is 2.60.